The summed E-state index contributed by atoms with van der Waals surface area (Å²) in [6, 6.07) is 8.75. The van der Waals surface area contributed by atoms with Crippen LogP contribution in [0.2, 0.25) is 0 Å². The number of carbonyl (C=O) groups is 2. The average Bonchev–Trinajstić information content (AvgIpc) is 3.20. The maximum atomic E-state index is 13.1. The molecule has 3 aliphatic rings. The average molecular weight is 556 g/mol. The number of ether oxygens (including phenoxy) is 1. The number of likely N-dealkylation sites (N-methyl/N-ethyl adjacent to an activating group) is 1. The number of aromatic nitrogens is 1. The molecule has 2 fully saturated rings. The molecule has 2 aliphatic heterocycles. The molecule has 0 radical (unpaired) electrons. The van der Waals surface area contributed by atoms with Crippen LogP contribution in [-0.2, 0) is 14.6 Å². The zero-order valence-electron chi connectivity index (χ0n) is 22.9. The summed E-state index contributed by atoms with van der Waals surface area (Å²) in [5, 5.41) is 3.32. The minimum atomic E-state index is -3.26. The van der Waals surface area contributed by atoms with Crippen LogP contribution in [0.5, 0.6) is 5.75 Å². The van der Waals surface area contributed by atoms with Crippen molar-refractivity contribution in [2.24, 2.45) is 0 Å². The number of pyridine rings is 1. The predicted molar refractivity (Wildman–Crippen MR) is 152 cm³/mol. The van der Waals surface area contributed by atoms with Crippen LogP contribution < -0.4 is 19.9 Å². The third-order valence-corrected chi connectivity index (χ3v) is 9.63. The zero-order chi connectivity index (χ0) is 27.7. The minimum absolute atomic E-state index is 0.0673. The van der Waals surface area contributed by atoms with Crippen molar-refractivity contribution < 1.29 is 22.7 Å². The SMILES string of the molecule is COc1cc(C(=O)N2CCCS(=O)(=O)C2)ccc1Nc1ccc2c(n1)N(C1CCCCCC1)[C@H](C)C(=O)N2C. The van der Waals surface area contributed by atoms with Gasteiger partial charge in [0.15, 0.2) is 15.7 Å². The highest BCUT2D eigenvalue weighted by Gasteiger charge is 2.38. The van der Waals surface area contributed by atoms with Gasteiger partial charge in [-0.05, 0) is 56.5 Å². The summed E-state index contributed by atoms with van der Waals surface area (Å²) in [7, 11) is 0.0605. The molecule has 210 valence electrons. The second-order valence-electron chi connectivity index (χ2n) is 10.7. The lowest BCUT2D eigenvalue weighted by molar-refractivity contribution is -0.119. The fourth-order valence-corrected chi connectivity index (χ4v) is 7.36. The van der Waals surface area contributed by atoms with Gasteiger partial charge >= 0.3 is 0 Å². The Hall–Kier alpha value is -3.34. The summed E-state index contributed by atoms with van der Waals surface area (Å²) >= 11 is 0. The standard InChI is InChI=1S/C28H37N5O5S/c1-19-27(34)31(2)23-13-14-25(30-26(23)33(19)21-9-6-4-5-7-10-21)29-22-12-11-20(17-24(22)38-3)28(35)32-15-8-16-39(36,37)18-32/h11-14,17,19,21H,4-10,15-16,18H2,1-3H3,(H,29,30)/t19-/m1/s1. The van der Waals surface area contributed by atoms with Crippen LogP contribution in [0.4, 0.5) is 23.0 Å². The number of benzene rings is 1. The first kappa shape index (κ1) is 27.2. The fourth-order valence-electron chi connectivity index (χ4n) is 5.94. The molecule has 1 saturated heterocycles. The Morgan fingerprint density at radius 3 is 2.51 bits per heavy atom. The monoisotopic (exact) mass is 555 g/mol. The van der Waals surface area contributed by atoms with Crippen molar-refractivity contribution in [3.8, 4) is 5.75 Å². The van der Waals surface area contributed by atoms with E-state index in [1.165, 1.54) is 24.9 Å². The smallest absolute Gasteiger partial charge is 0.254 e. The maximum absolute atomic E-state index is 13.1. The van der Waals surface area contributed by atoms with E-state index >= 15 is 0 Å². The molecule has 0 spiro atoms. The number of fused-ring (bicyclic) bond motifs is 1. The van der Waals surface area contributed by atoms with Gasteiger partial charge in [0, 0.05) is 25.2 Å². The Balaban J connectivity index is 1.42. The summed E-state index contributed by atoms with van der Waals surface area (Å²) in [5.74, 6) is 1.41. The number of methoxy groups -OCH3 is 1. The molecule has 1 aromatic carbocycles. The lowest BCUT2D eigenvalue weighted by atomic mass is 10.0. The van der Waals surface area contributed by atoms with Crippen molar-refractivity contribution in [1.82, 2.24) is 9.88 Å². The van der Waals surface area contributed by atoms with Gasteiger partial charge in [-0.2, -0.15) is 0 Å². The summed E-state index contributed by atoms with van der Waals surface area (Å²) in [6.45, 7) is 2.37. The first-order chi connectivity index (χ1) is 18.7. The van der Waals surface area contributed by atoms with Gasteiger partial charge in [0.1, 0.15) is 23.5 Å². The molecule has 1 saturated carbocycles. The quantitative estimate of drug-likeness (QED) is 0.552. The molecular weight excluding hydrogens is 518 g/mol. The van der Waals surface area contributed by atoms with Crippen LogP contribution in [0.1, 0.15) is 62.2 Å². The molecule has 5 rings (SSSR count). The van der Waals surface area contributed by atoms with Gasteiger partial charge in [-0.25, -0.2) is 13.4 Å². The van der Waals surface area contributed by atoms with Gasteiger partial charge < -0.3 is 24.8 Å². The maximum Gasteiger partial charge on any atom is 0.254 e. The second-order valence-corrected chi connectivity index (χ2v) is 12.9. The van der Waals surface area contributed by atoms with Gasteiger partial charge in [0.05, 0.1) is 24.2 Å². The minimum Gasteiger partial charge on any atom is -0.495 e. The normalized spacial score (nSPS) is 21.8. The number of amides is 2. The third-order valence-electron chi connectivity index (χ3n) is 8.02. The molecule has 0 unspecified atom stereocenters. The molecule has 1 aliphatic carbocycles. The van der Waals surface area contributed by atoms with Crippen molar-refractivity contribution in [2.45, 2.75) is 64.0 Å². The van der Waals surface area contributed by atoms with E-state index in [4.69, 9.17) is 9.72 Å². The molecule has 11 heteroatoms. The Morgan fingerprint density at radius 2 is 1.82 bits per heavy atom. The molecule has 2 amide bonds. The lowest BCUT2D eigenvalue weighted by Crippen LogP contribution is -2.55. The highest BCUT2D eigenvalue weighted by Crippen LogP contribution is 2.39. The number of sulfone groups is 1. The molecule has 2 aromatic rings. The molecule has 0 bridgehead atoms. The number of nitrogens with one attached hydrogen (secondary N) is 1. The molecule has 10 nitrogen and oxygen atoms in total. The number of nitrogens with zero attached hydrogens (tertiary/aromatic N) is 4. The van der Waals surface area contributed by atoms with E-state index in [0.717, 1.165) is 37.2 Å². The molecule has 39 heavy (non-hydrogen) atoms. The number of hydrogen-bond donors (Lipinski definition) is 1. The van der Waals surface area contributed by atoms with Gasteiger partial charge in [0.25, 0.3) is 5.91 Å². The number of anilines is 4. The van der Waals surface area contributed by atoms with Gasteiger partial charge in [0.2, 0.25) is 5.91 Å². The Morgan fingerprint density at radius 1 is 1.08 bits per heavy atom. The first-order valence-corrected chi connectivity index (χ1v) is 15.5. The van der Waals surface area contributed by atoms with Gasteiger partial charge in [-0.15, -0.1) is 0 Å². The number of hydrogen-bond acceptors (Lipinski definition) is 8. The molecule has 1 aromatic heterocycles. The molecular formula is C28H37N5O5S. The lowest BCUT2D eigenvalue weighted by Gasteiger charge is -2.43. The topological polar surface area (TPSA) is 112 Å². The van der Waals surface area contributed by atoms with Crippen molar-refractivity contribution >= 4 is 44.7 Å². The van der Waals surface area contributed by atoms with Crippen LogP contribution in [0, 0.1) is 0 Å². The van der Waals surface area contributed by atoms with Gasteiger partial charge in [-0.3, -0.25) is 9.59 Å². The summed E-state index contributed by atoms with van der Waals surface area (Å²) in [6.07, 6.45) is 7.27. The van der Waals surface area contributed by atoms with Crippen LogP contribution in [0.3, 0.4) is 0 Å². The van der Waals surface area contributed by atoms with Crippen LogP contribution in [0.15, 0.2) is 30.3 Å². The fraction of sp³-hybridized carbons (Fsp3) is 0.536. The van der Waals surface area contributed by atoms with Crippen LogP contribution >= 0.6 is 0 Å². The van der Waals surface area contributed by atoms with Crippen molar-refractivity contribution in [3.63, 3.8) is 0 Å². The van der Waals surface area contributed by atoms with Crippen molar-refractivity contribution in [1.29, 1.82) is 0 Å². The van der Waals surface area contributed by atoms with E-state index in [-0.39, 0.29) is 35.5 Å². The Kier molecular flexibility index (Phi) is 7.70. The van der Waals surface area contributed by atoms with E-state index in [2.05, 4.69) is 10.2 Å². The van der Waals surface area contributed by atoms with E-state index < -0.39 is 9.84 Å². The van der Waals surface area contributed by atoms with E-state index in [1.807, 2.05) is 19.1 Å². The van der Waals surface area contributed by atoms with Gasteiger partial charge in [-0.1, -0.05) is 25.7 Å². The van der Waals surface area contributed by atoms with Crippen LogP contribution in [-0.4, -0.2) is 74.5 Å². The summed E-state index contributed by atoms with van der Waals surface area (Å²) < 4.78 is 29.6. The highest BCUT2D eigenvalue weighted by molar-refractivity contribution is 7.91. The number of carbonyl (C=O) groups excluding carboxylic acids is 2. The second kappa shape index (κ2) is 11.0. The largest absolute Gasteiger partial charge is 0.495 e. The van der Waals surface area contributed by atoms with Crippen molar-refractivity contribution in [2.75, 3.05) is 47.4 Å². The molecule has 3 heterocycles. The van der Waals surface area contributed by atoms with Crippen LogP contribution in [0.25, 0.3) is 0 Å². The number of rotatable bonds is 5. The van der Waals surface area contributed by atoms with Crippen molar-refractivity contribution in [3.05, 3.63) is 35.9 Å². The first-order valence-electron chi connectivity index (χ1n) is 13.7. The predicted octanol–water partition coefficient (Wildman–Crippen LogP) is 3.95. The summed E-state index contributed by atoms with van der Waals surface area (Å²) in [4.78, 5) is 36.3. The van der Waals surface area contributed by atoms with E-state index in [0.29, 0.717) is 35.8 Å². The van der Waals surface area contributed by atoms with E-state index in [1.54, 1.807) is 30.1 Å². The Labute approximate surface area is 230 Å². The third kappa shape index (κ3) is 5.54. The zero-order valence-corrected chi connectivity index (χ0v) is 23.7. The summed E-state index contributed by atoms with van der Waals surface area (Å²) in [5.41, 5.74) is 1.78. The molecule has 1 N–H and O–H groups in total. The molecule has 1 atom stereocenters. The Bertz CT molecular complexity index is 1360. The van der Waals surface area contributed by atoms with E-state index in [9.17, 15) is 18.0 Å². The highest BCUT2D eigenvalue weighted by atomic mass is 32.2.